The number of aryl methyl sites for hydroxylation is 1. The maximum Gasteiger partial charge on any atom is 0.235 e. The van der Waals surface area contributed by atoms with E-state index in [1.54, 1.807) is 6.07 Å². The van der Waals surface area contributed by atoms with Crippen molar-refractivity contribution in [2.45, 2.75) is 44.9 Å². The third-order valence-corrected chi connectivity index (χ3v) is 5.14. The number of nitrogens with one attached hydrogen (secondary N) is 1. The summed E-state index contributed by atoms with van der Waals surface area (Å²) < 4.78 is 5.41. The first kappa shape index (κ1) is 17.7. The van der Waals surface area contributed by atoms with Gasteiger partial charge in [0.15, 0.2) is 0 Å². The molecule has 0 saturated heterocycles. The fourth-order valence-electron chi connectivity index (χ4n) is 3.53. The molecule has 0 bridgehead atoms. The maximum atomic E-state index is 13.2. The lowest BCUT2D eigenvalue weighted by Crippen LogP contribution is -2.38. The van der Waals surface area contributed by atoms with Crippen molar-refractivity contribution in [1.29, 1.82) is 0 Å². The summed E-state index contributed by atoms with van der Waals surface area (Å²) in [6.45, 7) is 4.36. The van der Waals surface area contributed by atoms with Crippen LogP contribution in [0.3, 0.4) is 0 Å². The Hall–Kier alpha value is -2.07. The molecule has 25 heavy (non-hydrogen) atoms. The molecule has 4 nitrogen and oxygen atoms in total. The van der Waals surface area contributed by atoms with Gasteiger partial charge in [0.05, 0.1) is 23.4 Å². The maximum absolute atomic E-state index is 13.2. The van der Waals surface area contributed by atoms with E-state index >= 15 is 0 Å². The molecule has 132 valence electrons. The number of aromatic nitrogens is 1. The van der Waals surface area contributed by atoms with E-state index in [9.17, 15) is 4.79 Å². The highest BCUT2D eigenvalue weighted by Crippen LogP contribution is 2.42. The Morgan fingerprint density at radius 1 is 1.20 bits per heavy atom. The molecule has 1 fully saturated rings. The zero-order valence-corrected chi connectivity index (χ0v) is 15.4. The minimum Gasteiger partial charge on any atom is -0.478 e. The SMILES string of the molecule is CCOc1ccc(NC(=O)C2(c3ccc(Cl)cc3)CCCC2)c(C)n1. The van der Waals surface area contributed by atoms with Crippen LogP contribution in [0, 0.1) is 6.92 Å². The minimum absolute atomic E-state index is 0.0291. The van der Waals surface area contributed by atoms with E-state index in [2.05, 4.69) is 10.3 Å². The molecule has 0 radical (unpaired) electrons. The number of anilines is 1. The van der Waals surface area contributed by atoms with Gasteiger partial charge in [0, 0.05) is 11.1 Å². The third kappa shape index (κ3) is 3.64. The van der Waals surface area contributed by atoms with Crippen molar-refractivity contribution in [2.75, 3.05) is 11.9 Å². The summed E-state index contributed by atoms with van der Waals surface area (Å²) >= 11 is 6.01. The number of amides is 1. The highest BCUT2D eigenvalue weighted by molar-refractivity contribution is 6.30. The molecule has 0 unspecified atom stereocenters. The highest BCUT2D eigenvalue weighted by atomic mass is 35.5. The van der Waals surface area contributed by atoms with Crippen LogP contribution < -0.4 is 10.1 Å². The van der Waals surface area contributed by atoms with Crippen LogP contribution in [0.2, 0.25) is 5.02 Å². The number of rotatable bonds is 5. The number of benzene rings is 1. The van der Waals surface area contributed by atoms with Gasteiger partial charge in [-0.25, -0.2) is 4.98 Å². The van der Waals surface area contributed by atoms with Crippen LogP contribution in [-0.2, 0) is 10.2 Å². The fourth-order valence-corrected chi connectivity index (χ4v) is 3.66. The Bertz CT molecular complexity index is 753. The van der Waals surface area contributed by atoms with Crippen molar-refractivity contribution in [2.24, 2.45) is 0 Å². The average molecular weight is 359 g/mol. The van der Waals surface area contributed by atoms with Crippen LogP contribution in [0.1, 0.15) is 43.9 Å². The van der Waals surface area contributed by atoms with Gasteiger partial charge in [-0.05, 0) is 50.5 Å². The summed E-state index contributed by atoms with van der Waals surface area (Å²) in [5.74, 6) is 0.604. The molecule has 1 heterocycles. The number of hydrogen-bond donors (Lipinski definition) is 1. The minimum atomic E-state index is -0.490. The Balaban J connectivity index is 1.86. The molecule has 1 aromatic carbocycles. The van der Waals surface area contributed by atoms with Gasteiger partial charge in [-0.2, -0.15) is 0 Å². The predicted molar refractivity (Wildman–Crippen MR) is 100 cm³/mol. The fraction of sp³-hybridized carbons (Fsp3) is 0.400. The number of ether oxygens (including phenoxy) is 1. The van der Waals surface area contributed by atoms with Crippen LogP contribution in [0.15, 0.2) is 36.4 Å². The van der Waals surface area contributed by atoms with Crippen molar-refractivity contribution in [1.82, 2.24) is 4.98 Å². The number of carbonyl (C=O) groups is 1. The summed E-state index contributed by atoms with van der Waals surface area (Å²) in [4.78, 5) is 17.6. The monoisotopic (exact) mass is 358 g/mol. The second-order valence-corrected chi connectivity index (χ2v) is 6.90. The molecule has 0 spiro atoms. The van der Waals surface area contributed by atoms with Crippen molar-refractivity contribution < 1.29 is 9.53 Å². The van der Waals surface area contributed by atoms with Gasteiger partial charge in [-0.15, -0.1) is 0 Å². The zero-order chi connectivity index (χ0) is 17.9. The van der Waals surface area contributed by atoms with Crippen LogP contribution in [0.4, 0.5) is 5.69 Å². The van der Waals surface area contributed by atoms with E-state index in [0.717, 1.165) is 42.6 Å². The quantitative estimate of drug-likeness (QED) is 0.827. The molecule has 5 heteroatoms. The first-order chi connectivity index (χ1) is 12.0. The average Bonchev–Trinajstić information content (AvgIpc) is 3.09. The van der Waals surface area contributed by atoms with Gasteiger partial charge < -0.3 is 10.1 Å². The van der Waals surface area contributed by atoms with E-state index in [4.69, 9.17) is 16.3 Å². The van der Waals surface area contributed by atoms with E-state index in [1.807, 2.05) is 44.2 Å². The third-order valence-electron chi connectivity index (χ3n) is 4.89. The van der Waals surface area contributed by atoms with Crippen LogP contribution in [0.25, 0.3) is 0 Å². The molecule has 1 N–H and O–H groups in total. The number of hydrogen-bond acceptors (Lipinski definition) is 3. The van der Waals surface area contributed by atoms with Crippen LogP contribution >= 0.6 is 11.6 Å². The van der Waals surface area contributed by atoms with Crippen molar-refractivity contribution >= 4 is 23.2 Å². The highest BCUT2D eigenvalue weighted by Gasteiger charge is 2.42. The van der Waals surface area contributed by atoms with Gasteiger partial charge in [-0.3, -0.25) is 4.79 Å². The van der Waals surface area contributed by atoms with Gasteiger partial charge in [-0.1, -0.05) is 36.6 Å². The Morgan fingerprint density at radius 3 is 2.48 bits per heavy atom. The summed E-state index contributed by atoms with van der Waals surface area (Å²) in [5, 5.41) is 3.77. The predicted octanol–water partition coefficient (Wildman–Crippen LogP) is 4.89. The molecular formula is C20H23ClN2O2. The molecule has 3 rings (SSSR count). The molecule has 1 aromatic heterocycles. The molecule has 1 aliphatic rings. The van der Waals surface area contributed by atoms with Gasteiger partial charge >= 0.3 is 0 Å². The standard InChI is InChI=1S/C20H23ClN2O2/c1-3-25-18-11-10-17(14(2)22-18)23-19(24)20(12-4-5-13-20)15-6-8-16(21)9-7-15/h6-11H,3-5,12-13H2,1-2H3,(H,23,24). The number of carbonyl (C=O) groups excluding carboxylic acids is 1. The lowest BCUT2D eigenvalue weighted by molar-refractivity contribution is -0.121. The molecule has 1 saturated carbocycles. The van der Waals surface area contributed by atoms with Crippen molar-refractivity contribution in [3.63, 3.8) is 0 Å². The second kappa shape index (κ2) is 7.44. The number of nitrogens with zero attached hydrogens (tertiary/aromatic N) is 1. The van der Waals surface area contributed by atoms with E-state index < -0.39 is 5.41 Å². The smallest absolute Gasteiger partial charge is 0.235 e. The Morgan fingerprint density at radius 2 is 1.88 bits per heavy atom. The van der Waals surface area contributed by atoms with E-state index in [1.165, 1.54) is 0 Å². The molecule has 2 aromatic rings. The lowest BCUT2D eigenvalue weighted by Gasteiger charge is -2.28. The number of pyridine rings is 1. The first-order valence-corrected chi connectivity index (χ1v) is 9.11. The second-order valence-electron chi connectivity index (χ2n) is 6.47. The van der Waals surface area contributed by atoms with Crippen molar-refractivity contribution in [3.05, 3.63) is 52.7 Å². The summed E-state index contributed by atoms with van der Waals surface area (Å²) in [6, 6.07) is 11.3. The van der Waals surface area contributed by atoms with Crippen molar-refractivity contribution in [3.8, 4) is 5.88 Å². The molecule has 0 atom stereocenters. The topological polar surface area (TPSA) is 51.2 Å². The Labute approximate surface area is 153 Å². The van der Waals surface area contributed by atoms with E-state index in [0.29, 0.717) is 17.5 Å². The molecule has 0 aliphatic heterocycles. The van der Waals surface area contributed by atoms with Gasteiger partial charge in [0.25, 0.3) is 0 Å². The first-order valence-electron chi connectivity index (χ1n) is 8.73. The van der Waals surface area contributed by atoms with Gasteiger partial charge in [0.2, 0.25) is 11.8 Å². The van der Waals surface area contributed by atoms with Crippen LogP contribution in [-0.4, -0.2) is 17.5 Å². The summed E-state index contributed by atoms with van der Waals surface area (Å²) in [6.07, 6.45) is 3.81. The Kier molecular flexibility index (Phi) is 5.28. The molecule has 1 aliphatic carbocycles. The van der Waals surface area contributed by atoms with Gasteiger partial charge in [0.1, 0.15) is 0 Å². The van der Waals surface area contributed by atoms with Crippen LogP contribution in [0.5, 0.6) is 5.88 Å². The van der Waals surface area contributed by atoms with E-state index in [-0.39, 0.29) is 5.91 Å². The molecular weight excluding hydrogens is 336 g/mol. The summed E-state index contributed by atoms with van der Waals surface area (Å²) in [7, 11) is 0. The zero-order valence-electron chi connectivity index (χ0n) is 14.6. The normalized spacial score (nSPS) is 15.8. The summed E-state index contributed by atoms with van der Waals surface area (Å²) in [5.41, 5.74) is 2.02. The lowest BCUT2D eigenvalue weighted by atomic mass is 9.78. The number of halogens is 1. The molecule has 1 amide bonds. The largest absolute Gasteiger partial charge is 0.478 e.